The van der Waals surface area contributed by atoms with Crippen LogP contribution in [0.5, 0.6) is 0 Å². The molecule has 9 heteroatoms. The number of rotatable bonds is 9. The van der Waals surface area contributed by atoms with Gasteiger partial charge in [0.25, 0.3) is 0 Å². The zero-order valence-corrected chi connectivity index (χ0v) is 19.1. The molecule has 3 aromatic rings. The van der Waals surface area contributed by atoms with Gasteiger partial charge in [0.1, 0.15) is 11.6 Å². The van der Waals surface area contributed by atoms with Crippen LogP contribution >= 0.6 is 11.8 Å². The first-order valence-corrected chi connectivity index (χ1v) is 11.3. The van der Waals surface area contributed by atoms with Gasteiger partial charge in [-0.05, 0) is 44.5 Å². The fraction of sp³-hybridized carbons (Fsp3) is 0.304. The highest BCUT2D eigenvalue weighted by atomic mass is 32.2. The molecule has 0 aliphatic rings. The molecule has 1 atom stereocenters. The van der Waals surface area contributed by atoms with Crippen molar-refractivity contribution in [2.75, 3.05) is 10.6 Å². The molecule has 2 N–H and O–H groups in total. The Morgan fingerprint density at radius 1 is 1.06 bits per heavy atom. The third kappa shape index (κ3) is 5.94. The first-order chi connectivity index (χ1) is 15.4. The summed E-state index contributed by atoms with van der Waals surface area (Å²) < 4.78 is 15.7. The van der Waals surface area contributed by atoms with Gasteiger partial charge < -0.3 is 15.2 Å². The third-order valence-electron chi connectivity index (χ3n) is 4.81. The van der Waals surface area contributed by atoms with E-state index in [1.54, 1.807) is 12.1 Å². The minimum Gasteiger partial charge on any atom is -0.326 e. The molecule has 2 aromatic carbocycles. The van der Waals surface area contributed by atoms with E-state index in [1.165, 1.54) is 23.9 Å². The molecule has 7 nitrogen and oxygen atoms in total. The van der Waals surface area contributed by atoms with E-state index in [-0.39, 0.29) is 23.9 Å². The van der Waals surface area contributed by atoms with Gasteiger partial charge in [-0.25, -0.2) is 4.39 Å². The van der Waals surface area contributed by atoms with Crippen LogP contribution in [0.25, 0.3) is 0 Å². The Kier molecular flexibility index (Phi) is 7.99. The van der Waals surface area contributed by atoms with Crippen molar-refractivity contribution in [2.45, 2.75) is 50.6 Å². The number of hydrogen-bond acceptors (Lipinski definition) is 5. The average Bonchev–Trinajstić information content (AvgIpc) is 3.15. The van der Waals surface area contributed by atoms with Gasteiger partial charge in [0.15, 0.2) is 5.16 Å². The highest BCUT2D eigenvalue weighted by molar-refractivity contribution is 8.00. The van der Waals surface area contributed by atoms with Gasteiger partial charge in [-0.3, -0.25) is 9.59 Å². The van der Waals surface area contributed by atoms with E-state index in [1.807, 2.05) is 49.6 Å². The fourth-order valence-corrected chi connectivity index (χ4v) is 4.10. The van der Waals surface area contributed by atoms with Gasteiger partial charge in [0, 0.05) is 12.2 Å². The van der Waals surface area contributed by atoms with Crippen molar-refractivity contribution in [3.8, 4) is 0 Å². The van der Waals surface area contributed by atoms with Crippen molar-refractivity contribution in [2.24, 2.45) is 0 Å². The van der Waals surface area contributed by atoms with Crippen LogP contribution in [-0.4, -0.2) is 31.8 Å². The molecular formula is C23H26FN5O2S. The predicted molar refractivity (Wildman–Crippen MR) is 124 cm³/mol. The maximum absolute atomic E-state index is 13.9. The molecule has 0 spiro atoms. The molecule has 0 saturated carbocycles. The summed E-state index contributed by atoms with van der Waals surface area (Å²) in [6, 6.07) is 13.6. The number of thioether (sulfide) groups is 1. The van der Waals surface area contributed by atoms with E-state index < -0.39 is 11.1 Å². The second kappa shape index (κ2) is 10.9. The number of aromatic nitrogens is 3. The number of aryl methyl sites for hydroxylation is 1. The third-order valence-corrected chi connectivity index (χ3v) is 6.15. The van der Waals surface area contributed by atoms with Gasteiger partial charge in [-0.15, -0.1) is 10.2 Å². The normalized spacial score (nSPS) is 11.8. The number of benzene rings is 2. The number of amides is 2. The number of anilines is 2. The van der Waals surface area contributed by atoms with Crippen LogP contribution in [0.15, 0.2) is 53.7 Å². The molecule has 0 radical (unpaired) electrons. The second-order valence-corrected chi connectivity index (χ2v) is 8.39. The van der Waals surface area contributed by atoms with E-state index in [2.05, 4.69) is 20.8 Å². The van der Waals surface area contributed by atoms with Gasteiger partial charge in [-0.2, -0.15) is 0 Å². The van der Waals surface area contributed by atoms with Crippen molar-refractivity contribution in [1.29, 1.82) is 0 Å². The first-order valence-electron chi connectivity index (χ1n) is 10.4. The summed E-state index contributed by atoms with van der Waals surface area (Å²) >= 11 is 1.25. The smallest absolute Gasteiger partial charge is 0.238 e. The van der Waals surface area contributed by atoms with Gasteiger partial charge in [-0.1, -0.05) is 48.5 Å². The molecule has 0 aliphatic carbocycles. The maximum Gasteiger partial charge on any atom is 0.238 e. The molecule has 0 unspecified atom stereocenters. The zero-order chi connectivity index (χ0) is 23.1. The molecule has 0 aliphatic heterocycles. The van der Waals surface area contributed by atoms with Crippen molar-refractivity contribution in [1.82, 2.24) is 14.8 Å². The molecule has 0 saturated heterocycles. The van der Waals surface area contributed by atoms with Crippen LogP contribution in [0.4, 0.5) is 15.8 Å². The van der Waals surface area contributed by atoms with Crippen LogP contribution in [-0.2, 0) is 22.6 Å². The molecule has 3 rings (SSSR count). The predicted octanol–water partition coefficient (Wildman–Crippen LogP) is 4.44. The number of carbonyl (C=O) groups excluding carboxylic acids is 2. The number of para-hydroxylation sites is 1. The summed E-state index contributed by atoms with van der Waals surface area (Å²) in [6.45, 7) is 6.33. The molecule has 2 amide bonds. The minimum atomic E-state index is -0.488. The van der Waals surface area contributed by atoms with Crippen LogP contribution in [0.2, 0.25) is 0 Å². The lowest BCUT2D eigenvalue weighted by molar-refractivity contribution is -0.116. The fourth-order valence-electron chi connectivity index (χ4n) is 3.07. The van der Waals surface area contributed by atoms with Crippen LogP contribution in [0, 0.1) is 12.7 Å². The van der Waals surface area contributed by atoms with E-state index in [0.717, 1.165) is 5.56 Å². The molecule has 0 bridgehead atoms. The molecular weight excluding hydrogens is 429 g/mol. The van der Waals surface area contributed by atoms with Crippen LogP contribution < -0.4 is 10.6 Å². The zero-order valence-electron chi connectivity index (χ0n) is 18.3. The SMILES string of the molecule is CC[C@H](Sc1nnc(CC(=O)Nc2ccc(C)cc2)n1CC)C(=O)Nc1ccccc1F. The lowest BCUT2D eigenvalue weighted by atomic mass is 10.2. The molecule has 32 heavy (non-hydrogen) atoms. The molecule has 1 aromatic heterocycles. The average molecular weight is 456 g/mol. The summed E-state index contributed by atoms with van der Waals surface area (Å²) in [5, 5.41) is 13.9. The topological polar surface area (TPSA) is 88.9 Å². The summed E-state index contributed by atoms with van der Waals surface area (Å²) in [5.41, 5.74) is 1.97. The van der Waals surface area contributed by atoms with Gasteiger partial charge in [0.2, 0.25) is 11.8 Å². The first kappa shape index (κ1) is 23.5. The summed E-state index contributed by atoms with van der Waals surface area (Å²) in [7, 11) is 0. The largest absolute Gasteiger partial charge is 0.326 e. The number of nitrogens with zero attached hydrogens (tertiary/aromatic N) is 3. The molecule has 0 fully saturated rings. The minimum absolute atomic E-state index is 0.0630. The van der Waals surface area contributed by atoms with Crippen molar-refractivity contribution in [3.05, 3.63) is 65.7 Å². The Balaban J connectivity index is 1.67. The summed E-state index contributed by atoms with van der Waals surface area (Å²) in [6.07, 6.45) is 0.582. The standard InChI is InChI=1S/C23H26FN5O2S/c1-4-19(22(31)26-18-9-7-6-8-17(18)24)32-23-28-27-20(29(23)5-2)14-21(30)25-16-12-10-15(3)11-13-16/h6-13,19H,4-5,14H2,1-3H3,(H,25,30)(H,26,31)/t19-/m0/s1. The monoisotopic (exact) mass is 455 g/mol. The van der Waals surface area contributed by atoms with E-state index in [4.69, 9.17) is 0 Å². The Labute approximate surface area is 190 Å². The molecule has 1 heterocycles. The van der Waals surface area contributed by atoms with Crippen LogP contribution in [0.3, 0.4) is 0 Å². The Morgan fingerprint density at radius 3 is 2.44 bits per heavy atom. The van der Waals surface area contributed by atoms with E-state index in [0.29, 0.717) is 29.6 Å². The number of halogens is 1. The Morgan fingerprint density at radius 2 is 1.78 bits per heavy atom. The van der Waals surface area contributed by atoms with Crippen molar-refractivity contribution in [3.63, 3.8) is 0 Å². The number of hydrogen-bond donors (Lipinski definition) is 2. The quantitative estimate of drug-likeness (QED) is 0.466. The maximum atomic E-state index is 13.9. The number of nitrogens with one attached hydrogen (secondary N) is 2. The molecule has 168 valence electrons. The highest BCUT2D eigenvalue weighted by Crippen LogP contribution is 2.26. The van der Waals surface area contributed by atoms with Gasteiger partial charge in [0.05, 0.1) is 17.4 Å². The van der Waals surface area contributed by atoms with Crippen LogP contribution in [0.1, 0.15) is 31.7 Å². The Bertz CT molecular complexity index is 1080. The van der Waals surface area contributed by atoms with E-state index >= 15 is 0 Å². The summed E-state index contributed by atoms with van der Waals surface area (Å²) in [4.78, 5) is 25.2. The highest BCUT2D eigenvalue weighted by Gasteiger charge is 2.23. The summed E-state index contributed by atoms with van der Waals surface area (Å²) in [5.74, 6) is -0.480. The van der Waals surface area contributed by atoms with Crippen molar-refractivity contribution >= 4 is 35.0 Å². The van der Waals surface area contributed by atoms with E-state index in [9.17, 15) is 14.0 Å². The lowest BCUT2D eigenvalue weighted by Gasteiger charge is -2.15. The van der Waals surface area contributed by atoms with Crippen molar-refractivity contribution < 1.29 is 14.0 Å². The Hall–Kier alpha value is -3.20. The second-order valence-electron chi connectivity index (χ2n) is 7.22. The lowest BCUT2D eigenvalue weighted by Crippen LogP contribution is -2.25. The number of carbonyl (C=O) groups is 2. The van der Waals surface area contributed by atoms with Gasteiger partial charge >= 0.3 is 0 Å².